The number of carboxylic acids is 1. The van der Waals surface area contributed by atoms with Crippen molar-refractivity contribution >= 4 is 17.9 Å². The zero-order valence-electron chi connectivity index (χ0n) is 9.87. The molecule has 0 unspecified atom stereocenters. The van der Waals surface area contributed by atoms with Crippen LogP contribution in [0.15, 0.2) is 0 Å². The van der Waals surface area contributed by atoms with E-state index in [0.717, 1.165) is 0 Å². The molecule has 0 aliphatic carbocycles. The highest BCUT2D eigenvalue weighted by Gasteiger charge is 2.24. The van der Waals surface area contributed by atoms with Crippen LogP contribution in [0, 0.1) is 0 Å². The number of aliphatic hydroxyl groups is 1. The molecule has 0 aromatic heterocycles. The molecule has 0 aliphatic heterocycles. The highest BCUT2D eigenvalue weighted by atomic mass is 16.6. The lowest BCUT2D eigenvalue weighted by atomic mass is 10.3. The summed E-state index contributed by atoms with van der Waals surface area (Å²) in [6.45, 7) is 3.85. The third-order valence-corrected chi connectivity index (χ3v) is 1.74. The fourth-order valence-electron chi connectivity index (χ4n) is 0.855. The number of carboxylic acid groups (broad SMARTS) is 1. The predicted molar refractivity (Wildman–Crippen MR) is 55.0 cm³/mol. The molecule has 2 N–H and O–H groups in total. The monoisotopic (exact) mass is 248 g/mol. The molecule has 7 nitrogen and oxygen atoms in total. The van der Waals surface area contributed by atoms with Crippen molar-refractivity contribution in [1.82, 2.24) is 0 Å². The first-order valence-corrected chi connectivity index (χ1v) is 5.05. The quantitative estimate of drug-likeness (QED) is 0.621. The maximum absolute atomic E-state index is 11.3. The number of carbonyl (C=O) groups excluding carboxylic acids is 2. The van der Waals surface area contributed by atoms with E-state index in [9.17, 15) is 14.4 Å². The molecule has 0 rings (SSSR count). The number of aliphatic hydroxyl groups excluding tert-OH is 1. The van der Waals surface area contributed by atoms with Gasteiger partial charge in [-0.3, -0.25) is 4.79 Å². The maximum Gasteiger partial charge on any atom is 0.347 e. The summed E-state index contributed by atoms with van der Waals surface area (Å²) < 4.78 is 9.14. The molecule has 98 valence electrons. The Balaban J connectivity index is 4.14. The van der Waals surface area contributed by atoms with Crippen LogP contribution in [0.25, 0.3) is 0 Å². The molecule has 0 spiro atoms. The van der Waals surface area contributed by atoms with Crippen LogP contribution < -0.4 is 0 Å². The Labute approximate surface area is 98.3 Å². The molecule has 0 amide bonds. The average molecular weight is 248 g/mol. The van der Waals surface area contributed by atoms with Crippen LogP contribution >= 0.6 is 0 Å². The van der Waals surface area contributed by atoms with Crippen molar-refractivity contribution in [2.75, 3.05) is 0 Å². The largest absolute Gasteiger partial charge is 0.479 e. The third kappa shape index (κ3) is 6.52. The molecule has 0 bridgehead atoms. The van der Waals surface area contributed by atoms with Crippen molar-refractivity contribution in [2.45, 2.75) is 45.5 Å². The van der Waals surface area contributed by atoms with Crippen molar-refractivity contribution in [3.05, 3.63) is 0 Å². The summed E-state index contributed by atoms with van der Waals surface area (Å²) >= 11 is 0. The Morgan fingerprint density at radius 2 is 1.59 bits per heavy atom. The normalized spacial score (nSPS) is 15.5. The zero-order valence-corrected chi connectivity index (χ0v) is 9.87. The van der Waals surface area contributed by atoms with Gasteiger partial charge in [-0.15, -0.1) is 0 Å². The van der Waals surface area contributed by atoms with Gasteiger partial charge >= 0.3 is 17.9 Å². The van der Waals surface area contributed by atoms with Crippen molar-refractivity contribution in [2.24, 2.45) is 0 Å². The molecule has 0 saturated heterocycles. The summed E-state index contributed by atoms with van der Waals surface area (Å²) in [7, 11) is 0. The van der Waals surface area contributed by atoms with Crippen molar-refractivity contribution < 1.29 is 34.1 Å². The molecule has 0 fully saturated rings. The molecule has 0 saturated carbocycles. The topological polar surface area (TPSA) is 110 Å². The van der Waals surface area contributed by atoms with Crippen LogP contribution in [0.2, 0.25) is 0 Å². The first kappa shape index (κ1) is 15.4. The van der Waals surface area contributed by atoms with Gasteiger partial charge in [0.2, 0.25) is 0 Å². The number of hydrogen-bond acceptors (Lipinski definition) is 6. The molecule has 17 heavy (non-hydrogen) atoms. The second-order valence-electron chi connectivity index (χ2n) is 3.60. The summed E-state index contributed by atoms with van der Waals surface area (Å²) in [5.41, 5.74) is 0. The number of aliphatic carboxylic acids is 1. The summed E-state index contributed by atoms with van der Waals surface area (Å²) in [6, 6.07) is 0. The summed E-state index contributed by atoms with van der Waals surface area (Å²) in [4.78, 5) is 32.7. The van der Waals surface area contributed by atoms with E-state index >= 15 is 0 Å². The third-order valence-electron chi connectivity index (χ3n) is 1.74. The minimum atomic E-state index is -1.31. The van der Waals surface area contributed by atoms with E-state index in [2.05, 4.69) is 9.47 Å². The fourth-order valence-corrected chi connectivity index (χ4v) is 0.855. The summed E-state index contributed by atoms with van der Waals surface area (Å²) in [5, 5.41) is 17.4. The average Bonchev–Trinajstić information content (AvgIpc) is 2.15. The second-order valence-corrected chi connectivity index (χ2v) is 3.60. The van der Waals surface area contributed by atoms with E-state index in [-0.39, 0.29) is 6.42 Å². The highest BCUT2D eigenvalue weighted by Crippen LogP contribution is 2.02. The van der Waals surface area contributed by atoms with Gasteiger partial charge in [0.15, 0.2) is 12.2 Å². The number of rotatable bonds is 6. The highest BCUT2D eigenvalue weighted by molar-refractivity contribution is 5.82. The van der Waals surface area contributed by atoms with E-state index < -0.39 is 36.2 Å². The van der Waals surface area contributed by atoms with Crippen LogP contribution in [0.4, 0.5) is 0 Å². The minimum Gasteiger partial charge on any atom is -0.479 e. The van der Waals surface area contributed by atoms with Crippen LogP contribution in [0.5, 0.6) is 0 Å². The lowest BCUT2D eigenvalue weighted by Crippen LogP contribution is -2.32. The number of carbonyl (C=O) groups is 3. The van der Waals surface area contributed by atoms with E-state index in [1.165, 1.54) is 20.8 Å². The molecule has 0 heterocycles. The second kappa shape index (κ2) is 6.85. The Morgan fingerprint density at radius 1 is 1.06 bits per heavy atom. The minimum absolute atomic E-state index is 0.244. The lowest BCUT2D eigenvalue weighted by Gasteiger charge is -2.15. The molecule has 7 heteroatoms. The van der Waals surface area contributed by atoms with Gasteiger partial charge in [0.1, 0.15) is 0 Å². The number of hydrogen-bond donors (Lipinski definition) is 2. The van der Waals surface area contributed by atoms with Crippen LogP contribution in [0.1, 0.15) is 27.2 Å². The molecular weight excluding hydrogens is 232 g/mol. The van der Waals surface area contributed by atoms with E-state index in [1.807, 2.05) is 0 Å². The Morgan fingerprint density at radius 3 is 2.00 bits per heavy atom. The van der Waals surface area contributed by atoms with E-state index in [0.29, 0.717) is 0 Å². The van der Waals surface area contributed by atoms with Gasteiger partial charge in [-0.1, -0.05) is 0 Å². The molecule has 0 radical (unpaired) electrons. The van der Waals surface area contributed by atoms with Crippen molar-refractivity contribution in [3.63, 3.8) is 0 Å². The SMILES string of the molecule is C[C@@H](O)CC(=O)O[C@H](C)C(=O)O[C@H](C)C(=O)O. The summed E-state index contributed by atoms with van der Waals surface area (Å²) in [6.07, 6.45) is -3.63. The van der Waals surface area contributed by atoms with Crippen molar-refractivity contribution in [1.29, 1.82) is 0 Å². The van der Waals surface area contributed by atoms with Crippen molar-refractivity contribution in [3.8, 4) is 0 Å². The van der Waals surface area contributed by atoms with E-state index in [4.69, 9.17) is 10.2 Å². The molecule has 3 atom stereocenters. The number of ether oxygens (including phenoxy) is 2. The van der Waals surface area contributed by atoms with Crippen LogP contribution in [-0.4, -0.2) is 46.4 Å². The van der Waals surface area contributed by atoms with Gasteiger partial charge < -0.3 is 19.7 Å². The first-order valence-electron chi connectivity index (χ1n) is 5.05. The fraction of sp³-hybridized carbons (Fsp3) is 0.700. The first-order chi connectivity index (χ1) is 7.73. The van der Waals surface area contributed by atoms with Gasteiger partial charge in [-0.05, 0) is 20.8 Å². The predicted octanol–water partition coefficient (Wildman–Crippen LogP) is -0.295. The maximum atomic E-state index is 11.3. The Kier molecular flexibility index (Phi) is 6.19. The number of esters is 2. The molecule has 0 aromatic rings. The lowest BCUT2D eigenvalue weighted by molar-refractivity contribution is -0.175. The van der Waals surface area contributed by atoms with Crippen LogP contribution in [-0.2, 0) is 23.9 Å². The Hall–Kier alpha value is -1.63. The van der Waals surface area contributed by atoms with E-state index in [1.54, 1.807) is 0 Å². The molecule has 0 aliphatic rings. The smallest absolute Gasteiger partial charge is 0.347 e. The van der Waals surface area contributed by atoms with Gasteiger partial charge in [-0.25, -0.2) is 9.59 Å². The van der Waals surface area contributed by atoms with Gasteiger partial charge in [-0.2, -0.15) is 0 Å². The van der Waals surface area contributed by atoms with Gasteiger partial charge in [0.25, 0.3) is 0 Å². The van der Waals surface area contributed by atoms with Gasteiger partial charge in [0.05, 0.1) is 12.5 Å². The standard InChI is InChI=1S/C10H16O7/c1-5(11)4-8(12)16-7(3)10(15)17-6(2)9(13)14/h5-7,11H,4H2,1-3H3,(H,13,14)/t5-,6-,7-/m1/s1. The van der Waals surface area contributed by atoms with Crippen LogP contribution in [0.3, 0.4) is 0 Å². The molecule has 0 aromatic carbocycles. The summed E-state index contributed by atoms with van der Waals surface area (Å²) in [5.74, 6) is -2.99. The molecular formula is C10H16O7. The van der Waals surface area contributed by atoms with Gasteiger partial charge in [0, 0.05) is 0 Å². The Bertz CT molecular complexity index is 297. The zero-order chi connectivity index (χ0) is 13.6.